The molecule has 0 aromatic carbocycles. The number of aliphatic hydroxyl groups is 1. The van der Waals surface area contributed by atoms with Gasteiger partial charge in [0.2, 0.25) is 0 Å². The van der Waals surface area contributed by atoms with Crippen LogP contribution in [0.25, 0.3) is 0 Å². The monoisotopic (exact) mass is 336 g/mol. The molecule has 0 unspecified atom stereocenters. The number of rotatable bonds is 1. The first-order valence-electron chi connectivity index (χ1n) is 9.36. The van der Waals surface area contributed by atoms with Crippen LogP contribution in [0.3, 0.4) is 0 Å². The van der Waals surface area contributed by atoms with E-state index in [1.165, 1.54) is 0 Å². The van der Waals surface area contributed by atoms with Crippen molar-refractivity contribution >= 4 is 5.78 Å². The molecule has 1 N–H and O–H groups in total. The number of aliphatic hydroxyl groups excluding tert-OH is 1. The smallest absolute Gasteiger partial charge is 0.160 e. The average molecular weight is 336 g/mol. The molecule has 3 aliphatic heterocycles. The predicted octanol–water partition coefficient (Wildman–Crippen LogP) is 3.56. The Bertz CT molecular complexity index is 554. The summed E-state index contributed by atoms with van der Waals surface area (Å²) >= 11 is 0. The third-order valence-corrected chi connectivity index (χ3v) is 6.71. The van der Waals surface area contributed by atoms with Crippen LogP contribution in [0.4, 0.5) is 0 Å². The van der Waals surface area contributed by atoms with Crippen molar-refractivity contribution in [3.05, 3.63) is 11.6 Å². The molecule has 4 nitrogen and oxygen atoms in total. The molecule has 0 amide bonds. The van der Waals surface area contributed by atoms with Gasteiger partial charge in [-0.15, -0.1) is 0 Å². The molecule has 5 atom stereocenters. The molecule has 3 aliphatic rings. The predicted molar refractivity (Wildman–Crippen MR) is 92.8 cm³/mol. The maximum Gasteiger partial charge on any atom is 0.160 e. The number of epoxide rings is 1. The Balaban J connectivity index is 1.90. The molecule has 0 spiro atoms. The largest absolute Gasteiger partial charge is 0.390 e. The fourth-order valence-electron chi connectivity index (χ4n) is 4.37. The van der Waals surface area contributed by atoms with Crippen LogP contribution in [0.15, 0.2) is 11.6 Å². The normalized spacial score (nSPS) is 46.6. The van der Waals surface area contributed by atoms with Gasteiger partial charge in [-0.2, -0.15) is 0 Å². The van der Waals surface area contributed by atoms with Crippen LogP contribution < -0.4 is 0 Å². The zero-order valence-electron chi connectivity index (χ0n) is 15.7. The number of fused-ring (bicyclic) bond motifs is 3. The van der Waals surface area contributed by atoms with E-state index in [-0.39, 0.29) is 29.5 Å². The maximum absolute atomic E-state index is 12.4. The van der Waals surface area contributed by atoms with Gasteiger partial charge in [0.15, 0.2) is 5.78 Å². The number of carbonyl (C=O) groups is 1. The molecule has 3 rings (SSSR count). The van der Waals surface area contributed by atoms with Crippen molar-refractivity contribution in [1.29, 1.82) is 0 Å². The first-order valence-corrected chi connectivity index (χ1v) is 9.36. The van der Waals surface area contributed by atoms with Crippen molar-refractivity contribution in [2.75, 3.05) is 0 Å². The lowest BCUT2D eigenvalue weighted by Crippen LogP contribution is -2.46. The summed E-state index contributed by atoms with van der Waals surface area (Å²) in [6.07, 6.45) is 5.93. The second-order valence-electron chi connectivity index (χ2n) is 8.83. The Labute approximate surface area is 145 Å². The molecule has 136 valence electrons. The number of carbonyl (C=O) groups excluding carboxylic acids is 1. The molecule has 0 radical (unpaired) electrons. The van der Waals surface area contributed by atoms with E-state index >= 15 is 0 Å². The lowest BCUT2D eigenvalue weighted by molar-refractivity contribution is -0.169. The van der Waals surface area contributed by atoms with E-state index in [1.54, 1.807) is 0 Å². The van der Waals surface area contributed by atoms with Crippen molar-refractivity contribution in [2.24, 2.45) is 5.92 Å². The highest BCUT2D eigenvalue weighted by atomic mass is 16.6. The molecular weight excluding hydrogens is 304 g/mol. The van der Waals surface area contributed by atoms with Gasteiger partial charge in [-0.05, 0) is 57.9 Å². The number of ketones is 1. The Kier molecular flexibility index (Phi) is 4.47. The minimum absolute atomic E-state index is 0.0204. The summed E-state index contributed by atoms with van der Waals surface area (Å²) in [7, 11) is 0. The van der Waals surface area contributed by atoms with Crippen molar-refractivity contribution in [1.82, 2.24) is 0 Å². The van der Waals surface area contributed by atoms with Crippen molar-refractivity contribution in [3.63, 3.8) is 0 Å². The Hall–Kier alpha value is -0.710. The van der Waals surface area contributed by atoms with Crippen LogP contribution in [-0.2, 0) is 14.3 Å². The minimum Gasteiger partial charge on any atom is -0.390 e. The fraction of sp³-hybridized carbons (Fsp3) is 0.850. The van der Waals surface area contributed by atoms with E-state index in [2.05, 4.69) is 20.8 Å². The maximum atomic E-state index is 12.4. The summed E-state index contributed by atoms with van der Waals surface area (Å²) in [4.78, 5) is 12.4. The molecule has 3 heterocycles. The Morgan fingerprint density at radius 1 is 1.21 bits per heavy atom. The highest BCUT2D eigenvalue weighted by Gasteiger charge is 2.59. The second-order valence-corrected chi connectivity index (χ2v) is 8.83. The molecule has 2 saturated heterocycles. The zero-order chi connectivity index (χ0) is 17.8. The van der Waals surface area contributed by atoms with Crippen LogP contribution in [0, 0.1) is 5.92 Å². The van der Waals surface area contributed by atoms with Gasteiger partial charge in [-0.25, -0.2) is 0 Å². The third kappa shape index (κ3) is 3.09. The molecule has 0 aromatic rings. The zero-order valence-corrected chi connectivity index (χ0v) is 15.7. The van der Waals surface area contributed by atoms with Gasteiger partial charge in [0.25, 0.3) is 0 Å². The molecule has 4 heteroatoms. The topological polar surface area (TPSA) is 59.1 Å². The van der Waals surface area contributed by atoms with Crippen molar-refractivity contribution in [3.8, 4) is 0 Å². The lowest BCUT2D eigenvalue weighted by atomic mass is 9.80. The van der Waals surface area contributed by atoms with E-state index in [9.17, 15) is 9.90 Å². The van der Waals surface area contributed by atoms with E-state index in [4.69, 9.17) is 9.47 Å². The van der Waals surface area contributed by atoms with Gasteiger partial charge in [0, 0.05) is 12.8 Å². The van der Waals surface area contributed by atoms with Crippen LogP contribution in [0.5, 0.6) is 0 Å². The van der Waals surface area contributed by atoms with Gasteiger partial charge < -0.3 is 14.6 Å². The quantitative estimate of drug-likeness (QED) is 0.744. The summed E-state index contributed by atoms with van der Waals surface area (Å²) in [6, 6.07) is 0. The van der Waals surface area contributed by atoms with Gasteiger partial charge in [0.1, 0.15) is 0 Å². The molecule has 24 heavy (non-hydrogen) atoms. The molecule has 0 aromatic heterocycles. The summed E-state index contributed by atoms with van der Waals surface area (Å²) in [5.41, 5.74) is -0.278. The lowest BCUT2D eigenvalue weighted by Gasteiger charge is -2.38. The average Bonchev–Trinajstić information content (AvgIpc) is 2.96. The first kappa shape index (κ1) is 18.1. The van der Waals surface area contributed by atoms with Gasteiger partial charge in [-0.1, -0.05) is 19.9 Å². The molecule has 2 bridgehead atoms. The van der Waals surface area contributed by atoms with Crippen LogP contribution in [-0.4, -0.2) is 39.9 Å². The van der Waals surface area contributed by atoms with E-state index in [0.29, 0.717) is 5.92 Å². The highest BCUT2D eigenvalue weighted by Crippen LogP contribution is 2.53. The summed E-state index contributed by atoms with van der Waals surface area (Å²) < 4.78 is 12.6. The summed E-state index contributed by atoms with van der Waals surface area (Å²) in [5, 5.41) is 10.7. The van der Waals surface area contributed by atoms with E-state index < -0.39 is 11.7 Å². The summed E-state index contributed by atoms with van der Waals surface area (Å²) in [6.45, 7) is 10.3. The number of hydrogen-bond donors (Lipinski definition) is 1. The molecule has 2 fully saturated rings. The van der Waals surface area contributed by atoms with Crippen LogP contribution in [0.2, 0.25) is 0 Å². The molecular formula is C20H32O4. The van der Waals surface area contributed by atoms with E-state index in [0.717, 1.165) is 37.7 Å². The fourth-order valence-corrected chi connectivity index (χ4v) is 4.37. The minimum atomic E-state index is -0.763. The van der Waals surface area contributed by atoms with Gasteiger partial charge >= 0.3 is 0 Å². The standard InChI is InChI=1S/C20H32O4/c1-13(2)20-10-9-18(4,24-20)16(22)11-15(21)14(3)7-6-8-19(5)17(12-20)23-19/h7,13,16-17,22H,6,8-12H2,1-5H3/t16-,17-,18-,19-,20+/m1/s1. The Morgan fingerprint density at radius 2 is 1.92 bits per heavy atom. The van der Waals surface area contributed by atoms with E-state index in [1.807, 2.05) is 19.9 Å². The molecule has 0 saturated carbocycles. The third-order valence-electron chi connectivity index (χ3n) is 6.71. The van der Waals surface area contributed by atoms with Gasteiger partial charge in [-0.3, -0.25) is 4.79 Å². The number of ether oxygens (including phenoxy) is 2. The van der Waals surface area contributed by atoms with Crippen molar-refractivity contribution in [2.45, 2.75) is 102 Å². The number of allylic oxidation sites excluding steroid dienone is 2. The SMILES string of the molecule is CC1=CCC[C@@]2(C)O[C@@H]2C[C@]2(C(C)C)CC[C@@](C)(O2)[C@H](O)CC1=O. The highest BCUT2D eigenvalue weighted by molar-refractivity contribution is 5.95. The second kappa shape index (κ2) is 5.93. The number of Topliss-reactive ketones (excluding diaryl/α,β-unsaturated/α-hetero) is 1. The van der Waals surface area contributed by atoms with Gasteiger partial charge in [0.05, 0.1) is 29.0 Å². The van der Waals surface area contributed by atoms with Crippen LogP contribution in [0.1, 0.15) is 73.1 Å². The molecule has 0 aliphatic carbocycles. The Morgan fingerprint density at radius 3 is 2.58 bits per heavy atom. The van der Waals surface area contributed by atoms with Crippen molar-refractivity contribution < 1.29 is 19.4 Å². The van der Waals surface area contributed by atoms with Crippen LogP contribution >= 0.6 is 0 Å². The summed E-state index contributed by atoms with van der Waals surface area (Å²) in [5.74, 6) is 0.368. The first-order chi connectivity index (χ1) is 11.1. The number of hydrogen-bond acceptors (Lipinski definition) is 4.